The molecule has 0 saturated heterocycles. The van der Waals surface area contributed by atoms with Gasteiger partial charge in [-0.3, -0.25) is 9.78 Å². The van der Waals surface area contributed by atoms with Gasteiger partial charge in [0.15, 0.2) is 11.5 Å². The Morgan fingerprint density at radius 2 is 1.81 bits per heavy atom. The third kappa shape index (κ3) is 3.92. The lowest BCUT2D eigenvalue weighted by Crippen LogP contribution is -2.10. The first-order valence-corrected chi connectivity index (χ1v) is 10.4. The summed E-state index contributed by atoms with van der Waals surface area (Å²) in [5.41, 5.74) is 11.3. The third-order valence-electron chi connectivity index (χ3n) is 5.43. The first-order valence-electron chi connectivity index (χ1n) is 10.4. The molecule has 0 fully saturated rings. The summed E-state index contributed by atoms with van der Waals surface area (Å²) < 4.78 is 11.0. The second-order valence-electron chi connectivity index (χ2n) is 7.70. The Morgan fingerprint density at radius 1 is 1.00 bits per heavy atom. The smallest absolute Gasteiger partial charge is 0.248 e. The van der Waals surface area contributed by atoms with Crippen molar-refractivity contribution in [2.24, 2.45) is 5.73 Å². The van der Waals surface area contributed by atoms with Crippen LogP contribution in [0, 0.1) is 6.92 Å². The number of hydrogen-bond donors (Lipinski definition) is 2. The second kappa shape index (κ2) is 8.19. The number of aryl methyl sites for hydroxylation is 3. The molecule has 0 aliphatic carbocycles. The fourth-order valence-corrected chi connectivity index (χ4v) is 3.76. The van der Waals surface area contributed by atoms with Gasteiger partial charge in [0.25, 0.3) is 0 Å². The second-order valence-corrected chi connectivity index (χ2v) is 7.70. The van der Waals surface area contributed by atoms with E-state index in [-0.39, 0.29) is 6.79 Å². The molecule has 0 atom stereocenters. The monoisotopic (exact) mass is 426 g/mol. The number of nitrogens with one attached hydrogen (secondary N) is 1. The number of primary amides is 1. The first kappa shape index (κ1) is 19.8. The van der Waals surface area contributed by atoms with Gasteiger partial charge in [0.05, 0.1) is 17.1 Å². The molecule has 0 bridgehead atoms. The molecule has 3 N–H and O–H groups in total. The van der Waals surface area contributed by atoms with Gasteiger partial charge in [-0.15, -0.1) is 0 Å². The van der Waals surface area contributed by atoms with Crippen molar-refractivity contribution in [2.75, 3.05) is 6.79 Å². The molecule has 7 heteroatoms. The lowest BCUT2D eigenvalue weighted by molar-refractivity contribution is 0.1000. The highest BCUT2D eigenvalue weighted by molar-refractivity contribution is 5.92. The number of nitrogens with zero attached hydrogens (tertiary/aromatic N) is 2. The molecule has 2 aromatic heterocycles. The van der Waals surface area contributed by atoms with E-state index in [1.54, 1.807) is 12.1 Å². The fraction of sp³-hybridized carbons (Fsp3) is 0.160. The summed E-state index contributed by atoms with van der Waals surface area (Å²) in [5, 5.41) is 0. The topological polar surface area (TPSA) is 103 Å². The van der Waals surface area contributed by atoms with Gasteiger partial charge in [0, 0.05) is 23.2 Å². The number of benzene rings is 2. The highest BCUT2D eigenvalue weighted by Gasteiger charge is 2.19. The van der Waals surface area contributed by atoms with Crippen LogP contribution >= 0.6 is 0 Å². The van der Waals surface area contributed by atoms with Gasteiger partial charge in [-0.2, -0.15) is 0 Å². The molecule has 0 radical (unpaired) electrons. The molecule has 0 spiro atoms. The van der Waals surface area contributed by atoms with E-state index in [1.165, 1.54) is 0 Å². The SMILES string of the molecule is Cc1cccc(-c2[nH]c(CCc3ccc(C(N)=O)cc3)nc2-c2ccc3c(c2)OCO3)n1. The van der Waals surface area contributed by atoms with Crippen LogP contribution in [0.4, 0.5) is 0 Å². The number of carbonyl (C=O) groups excluding carboxylic acids is 1. The maximum atomic E-state index is 11.3. The van der Waals surface area contributed by atoms with E-state index >= 15 is 0 Å². The van der Waals surface area contributed by atoms with Crippen LogP contribution in [0.5, 0.6) is 11.5 Å². The Bertz CT molecular complexity index is 1300. The molecule has 0 unspecified atom stereocenters. The summed E-state index contributed by atoms with van der Waals surface area (Å²) in [6, 6.07) is 19.1. The molecule has 7 nitrogen and oxygen atoms in total. The molecule has 2 aromatic carbocycles. The molecule has 1 amide bonds. The molecule has 3 heterocycles. The molecule has 1 aliphatic rings. The molecular formula is C25H22N4O3. The van der Waals surface area contributed by atoms with Crippen LogP contribution in [0.3, 0.4) is 0 Å². The third-order valence-corrected chi connectivity index (χ3v) is 5.43. The predicted octanol–water partition coefficient (Wildman–Crippen LogP) is 4.06. The first-order chi connectivity index (χ1) is 15.6. The van der Waals surface area contributed by atoms with Gasteiger partial charge in [-0.1, -0.05) is 18.2 Å². The van der Waals surface area contributed by atoms with Crippen LogP contribution in [0.25, 0.3) is 22.6 Å². The van der Waals surface area contributed by atoms with Crippen LogP contribution in [0.2, 0.25) is 0 Å². The molecule has 160 valence electrons. The number of fused-ring (bicyclic) bond motifs is 1. The van der Waals surface area contributed by atoms with Crippen LogP contribution < -0.4 is 15.2 Å². The Morgan fingerprint density at radius 3 is 2.59 bits per heavy atom. The standard InChI is InChI=1S/C25H22N4O3/c1-15-3-2-4-19(27-15)24-23(18-10-11-20-21(13-18)32-14-31-20)28-22(29-24)12-7-16-5-8-17(9-6-16)25(26)30/h2-6,8-11,13H,7,12,14H2,1H3,(H2,26,30)(H,28,29). The van der Waals surface area contributed by atoms with Crippen molar-refractivity contribution in [1.29, 1.82) is 0 Å². The van der Waals surface area contributed by atoms with Gasteiger partial charge in [0.1, 0.15) is 5.82 Å². The van der Waals surface area contributed by atoms with E-state index in [0.29, 0.717) is 17.7 Å². The number of rotatable bonds is 6. The number of hydrogen-bond acceptors (Lipinski definition) is 5. The van der Waals surface area contributed by atoms with Crippen molar-refractivity contribution in [3.63, 3.8) is 0 Å². The molecular weight excluding hydrogens is 404 g/mol. The largest absolute Gasteiger partial charge is 0.454 e. The Balaban J connectivity index is 1.47. The summed E-state index contributed by atoms with van der Waals surface area (Å²) >= 11 is 0. The minimum absolute atomic E-state index is 0.228. The maximum absolute atomic E-state index is 11.3. The Labute approximate surface area is 185 Å². The van der Waals surface area contributed by atoms with E-state index in [2.05, 4.69) is 9.97 Å². The summed E-state index contributed by atoms with van der Waals surface area (Å²) in [7, 11) is 0. The molecule has 4 aromatic rings. The highest BCUT2D eigenvalue weighted by Crippen LogP contribution is 2.38. The average molecular weight is 426 g/mol. The minimum atomic E-state index is -0.425. The summed E-state index contributed by atoms with van der Waals surface area (Å²) in [6.07, 6.45) is 1.48. The maximum Gasteiger partial charge on any atom is 0.248 e. The average Bonchev–Trinajstić information content (AvgIpc) is 3.44. The van der Waals surface area contributed by atoms with Gasteiger partial charge in [0.2, 0.25) is 12.7 Å². The van der Waals surface area contributed by atoms with Crippen LogP contribution in [-0.2, 0) is 12.8 Å². The lowest BCUT2D eigenvalue weighted by Gasteiger charge is -2.04. The van der Waals surface area contributed by atoms with Crippen molar-refractivity contribution >= 4 is 5.91 Å². The van der Waals surface area contributed by atoms with Crippen molar-refractivity contribution < 1.29 is 14.3 Å². The van der Waals surface area contributed by atoms with E-state index in [1.807, 2.05) is 55.5 Å². The number of nitrogens with two attached hydrogens (primary N) is 1. The zero-order chi connectivity index (χ0) is 22.1. The number of ether oxygens (including phenoxy) is 2. The summed E-state index contributed by atoms with van der Waals surface area (Å²) in [4.78, 5) is 24.3. The summed E-state index contributed by atoms with van der Waals surface area (Å²) in [6.45, 7) is 2.20. The van der Waals surface area contributed by atoms with Crippen molar-refractivity contribution in [3.8, 4) is 34.1 Å². The Kier molecular flexibility index (Phi) is 5.07. The van der Waals surface area contributed by atoms with Crippen LogP contribution in [-0.4, -0.2) is 27.7 Å². The number of aromatic amines is 1. The molecule has 1 aliphatic heterocycles. The Hall–Kier alpha value is -4.13. The quantitative estimate of drug-likeness (QED) is 0.484. The van der Waals surface area contributed by atoms with Crippen molar-refractivity contribution in [2.45, 2.75) is 19.8 Å². The van der Waals surface area contributed by atoms with Crippen LogP contribution in [0.1, 0.15) is 27.4 Å². The zero-order valence-electron chi connectivity index (χ0n) is 17.6. The zero-order valence-corrected chi connectivity index (χ0v) is 17.6. The van der Waals surface area contributed by atoms with Gasteiger partial charge >= 0.3 is 0 Å². The van der Waals surface area contributed by atoms with Crippen molar-refractivity contribution in [1.82, 2.24) is 15.0 Å². The number of H-pyrrole nitrogens is 1. The number of aromatic nitrogens is 3. The van der Waals surface area contributed by atoms with E-state index in [4.69, 9.17) is 20.2 Å². The number of pyridine rings is 1. The molecule has 32 heavy (non-hydrogen) atoms. The fourth-order valence-electron chi connectivity index (χ4n) is 3.76. The molecule has 5 rings (SSSR count). The van der Waals surface area contributed by atoms with E-state index in [0.717, 1.165) is 51.9 Å². The van der Waals surface area contributed by atoms with Gasteiger partial charge in [-0.05, 0) is 61.4 Å². The van der Waals surface area contributed by atoms with E-state index in [9.17, 15) is 4.79 Å². The number of imidazole rings is 1. The predicted molar refractivity (Wildman–Crippen MR) is 120 cm³/mol. The van der Waals surface area contributed by atoms with Gasteiger partial charge in [-0.25, -0.2) is 4.98 Å². The minimum Gasteiger partial charge on any atom is -0.454 e. The van der Waals surface area contributed by atoms with Crippen LogP contribution in [0.15, 0.2) is 60.7 Å². The van der Waals surface area contributed by atoms with Gasteiger partial charge < -0.3 is 20.2 Å². The lowest BCUT2D eigenvalue weighted by atomic mass is 10.1. The number of amides is 1. The summed E-state index contributed by atoms with van der Waals surface area (Å²) in [5.74, 6) is 1.88. The number of carbonyl (C=O) groups is 1. The molecule has 0 saturated carbocycles. The highest BCUT2D eigenvalue weighted by atomic mass is 16.7. The normalized spacial score (nSPS) is 12.2. The van der Waals surface area contributed by atoms with E-state index < -0.39 is 5.91 Å². The van der Waals surface area contributed by atoms with Crippen molar-refractivity contribution in [3.05, 3.63) is 83.3 Å².